The molecule has 1 saturated carbocycles. The van der Waals surface area contributed by atoms with E-state index in [-0.39, 0.29) is 17.3 Å². The molecule has 0 amide bonds. The SMILES string of the molecule is CC1CNC(C)(C2CC2)CN1c1ccc(F)c(F)c1F. The lowest BCUT2D eigenvalue weighted by molar-refractivity contribution is 0.259. The normalized spacial score (nSPS) is 30.6. The molecule has 110 valence electrons. The van der Waals surface area contributed by atoms with Crippen molar-refractivity contribution in [2.75, 3.05) is 18.0 Å². The number of nitrogens with one attached hydrogen (secondary N) is 1. The van der Waals surface area contributed by atoms with E-state index in [4.69, 9.17) is 0 Å². The van der Waals surface area contributed by atoms with Gasteiger partial charge in [-0.2, -0.15) is 0 Å². The van der Waals surface area contributed by atoms with Gasteiger partial charge in [-0.15, -0.1) is 0 Å². The monoisotopic (exact) mass is 284 g/mol. The number of hydrogen-bond acceptors (Lipinski definition) is 2. The van der Waals surface area contributed by atoms with Crippen LogP contribution in [0.25, 0.3) is 0 Å². The second kappa shape index (κ2) is 4.65. The second-order valence-electron chi connectivity index (χ2n) is 6.24. The highest BCUT2D eigenvalue weighted by Crippen LogP contribution is 2.42. The van der Waals surface area contributed by atoms with Gasteiger partial charge in [0, 0.05) is 24.7 Å². The summed E-state index contributed by atoms with van der Waals surface area (Å²) in [7, 11) is 0. The van der Waals surface area contributed by atoms with E-state index in [1.165, 1.54) is 18.9 Å². The minimum atomic E-state index is -1.39. The van der Waals surface area contributed by atoms with Crippen molar-refractivity contribution >= 4 is 5.69 Å². The molecule has 0 radical (unpaired) electrons. The van der Waals surface area contributed by atoms with Gasteiger partial charge in [-0.3, -0.25) is 0 Å². The van der Waals surface area contributed by atoms with Crippen molar-refractivity contribution in [2.45, 2.75) is 38.3 Å². The lowest BCUT2D eigenvalue weighted by Gasteiger charge is -2.46. The molecule has 1 aliphatic heterocycles. The molecule has 0 aromatic heterocycles. The predicted molar refractivity (Wildman–Crippen MR) is 72.3 cm³/mol. The van der Waals surface area contributed by atoms with Gasteiger partial charge in [0.25, 0.3) is 0 Å². The van der Waals surface area contributed by atoms with Crippen LogP contribution in [0.2, 0.25) is 0 Å². The predicted octanol–water partition coefficient (Wildman–Crippen LogP) is 3.07. The maximum atomic E-state index is 14.0. The van der Waals surface area contributed by atoms with Crippen molar-refractivity contribution in [1.82, 2.24) is 5.32 Å². The number of rotatable bonds is 2. The minimum absolute atomic E-state index is 0.0428. The first-order chi connectivity index (χ1) is 9.42. The number of nitrogens with zero attached hydrogens (tertiary/aromatic N) is 1. The van der Waals surface area contributed by atoms with Crippen LogP contribution in [0.3, 0.4) is 0 Å². The van der Waals surface area contributed by atoms with Crippen LogP contribution in [-0.4, -0.2) is 24.7 Å². The average Bonchev–Trinajstić information content (AvgIpc) is 3.25. The van der Waals surface area contributed by atoms with Crippen LogP contribution in [0.5, 0.6) is 0 Å². The lowest BCUT2D eigenvalue weighted by Crippen LogP contribution is -2.63. The van der Waals surface area contributed by atoms with Crippen molar-refractivity contribution in [3.63, 3.8) is 0 Å². The van der Waals surface area contributed by atoms with Gasteiger partial charge in [0.1, 0.15) is 0 Å². The minimum Gasteiger partial charge on any atom is -0.363 e. The summed E-state index contributed by atoms with van der Waals surface area (Å²) in [4.78, 5) is 1.85. The molecule has 0 spiro atoms. The Kier molecular flexibility index (Phi) is 3.20. The topological polar surface area (TPSA) is 15.3 Å². The maximum Gasteiger partial charge on any atom is 0.196 e. The molecule has 2 nitrogen and oxygen atoms in total. The largest absolute Gasteiger partial charge is 0.363 e. The van der Waals surface area contributed by atoms with Crippen molar-refractivity contribution in [1.29, 1.82) is 0 Å². The van der Waals surface area contributed by atoms with Crippen LogP contribution in [0, 0.1) is 23.4 Å². The zero-order chi connectivity index (χ0) is 14.5. The first-order valence-corrected chi connectivity index (χ1v) is 7.07. The van der Waals surface area contributed by atoms with Crippen molar-refractivity contribution in [3.8, 4) is 0 Å². The molecule has 3 rings (SSSR count). The van der Waals surface area contributed by atoms with Crippen LogP contribution in [0.4, 0.5) is 18.9 Å². The molecule has 2 unspecified atom stereocenters. The lowest BCUT2D eigenvalue weighted by atomic mass is 9.91. The molecule has 1 aromatic rings. The summed E-state index contributed by atoms with van der Waals surface area (Å²) in [5.41, 5.74) is 0.0776. The van der Waals surface area contributed by atoms with Gasteiger partial charge >= 0.3 is 0 Å². The summed E-state index contributed by atoms with van der Waals surface area (Å²) < 4.78 is 40.5. The Labute approximate surface area is 117 Å². The van der Waals surface area contributed by atoms with Gasteiger partial charge in [-0.05, 0) is 44.7 Å². The molecular formula is C15H19F3N2. The Morgan fingerprint density at radius 1 is 1.20 bits per heavy atom. The molecule has 1 N–H and O–H groups in total. The van der Waals surface area contributed by atoms with E-state index in [9.17, 15) is 13.2 Å². The van der Waals surface area contributed by atoms with Crippen LogP contribution in [0.15, 0.2) is 12.1 Å². The summed E-state index contributed by atoms with van der Waals surface area (Å²) in [5, 5.41) is 3.52. The van der Waals surface area contributed by atoms with Gasteiger partial charge in [0.2, 0.25) is 0 Å². The van der Waals surface area contributed by atoms with Crippen LogP contribution in [0.1, 0.15) is 26.7 Å². The van der Waals surface area contributed by atoms with Crippen LogP contribution < -0.4 is 10.2 Å². The molecule has 1 saturated heterocycles. The zero-order valence-corrected chi connectivity index (χ0v) is 11.7. The third kappa shape index (κ3) is 2.18. The van der Waals surface area contributed by atoms with Gasteiger partial charge < -0.3 is 10.2 Å². The summed E-state index contributed by atoms with van der Waals surface area (Å²) >= 11 is 0. The maximum absolute atomic E-state index is 14.0. The van der Waals surface area contributed by atoms with E-state index in [0.717, 1.165) is 6.07 Å². The molecule has 2 atom stereocenters. The number of piperazine rings is 1. The van der Waals surface area contributed by atoms with Gasteiger partial charge in [0.15, 0.2) is 17.5 Å². The molecule has 2 aliphatic rings. The van der Waals surface area contributed by atoms with E-state index in [1.54, 1.807) is 0 Å². The van der Waals surface area contributed by atoms with E-state index in [2.05, 4.69) is 12.2 Å². The Morgan fingerprint density at radius 2 is 1.90 bits per heavy atom. The fraction of sp³-hybridized carbons (Fsp3) is 0.600. The number of hydrogen-bond donors (Lipinski definition) is 1. The first kappa shape index (κ1) is 13.7. The zero-order valence-electron chi connectivity index (χ0n) is 11.7. The van der Waals surface area contributed by atoms with E-state index in [1.807, 2.05) is 11.8 Å². The smallest absolute Gasteiger partial charge is 0.196 e. The highest BCUT2D eigenvalue weighted by molar-refractivity contribution is 5.50. The van der Waals surface area contributed by atoms with Crippen molar-refractivity contribution in [2.24, 2.45) is 5.92 Å². The second-order valence-corrected chi connectivity index (χ2v) is 6.24. The summed E-state index contributed by atoms with van der Waals surface area (Å²) in [6.45, 7) is 5.41. The highest BCUT2D eigenvalue weighted by atomic mass is 19.2. The average molecular weight is 284 g/mol. The van der Waals surface area contributed by atoms with Crippen LogP contribution >= 0.6 is 0 Å². The third-order valence-corrected chi connectivity index (χ3v) is 4.63. The number of anilines is 1. The highest BCUT2D eigenvalue weighted by Gasteiger charge is 2.45. The molecule has 2 fully saturated rings. The first-order valence-electron chi connectivity index (χ1n) is 7.07. The van der Waals surface area contributed by atoms with Crippen molar-refractivity contribution < 1.29 is 13.2 Å². The van der Waals surface area contributed by atoms with E-state index >= 15 is 0 Å². The fourth-order valence-corrected chi connectivity index (χ4v) is 3.11. The molecule has 0 bridgehead atoms. The third-order valence-electron chi connectivity index (χ3n) is 4.63. The summed E-state index contributed by atoms with van der Waals surface area (Å²) in [6, 6.07) is 2.38. The summed E-state index contributed by atoms with van der Waals surface area (Å²) in [5.74, 6) is -3.02. The summed E-state index contributed by atoms with van der Waals surface area (Å²) in [6.07, 6.45) is 2.35. The Balaban J connectivity index is 1.93. The Hall–Kier alpha value is -1.23. The van der Waals surface area contributed by atoms with Gasteiger partial charge in [-0.25, -0.2) is 13.2 Å². The van der Waals surface area contributed by atoms with Crippen molar-refractivity contribution in [3.05, 3.63) is 29.6 Å². The van der Waals surface area contributed by atoms with E-state index in [0.29, 0.717) is 19.0 Å². The Morgan fingerprint density at radius 3 is 2.55 bits per heavy atom. The number of benzene rings is 1. The standard InChI is InChI=1S/C15H19F3N2/c1-9-7-19-15(2,10-3-4-10)8-20(9)12-6-5-11(16)13(17)14(12)18/h5-6,9-10,19H,3-4,7-8H2,1-2H3. The quantitative estimate of drug-likeness (QED) is 0.840. The Bertz CT molecular complexity index is 530. The molecule has 1 aromatic carbocycles. The van der Waals surface area contributed by atoms with Crippen LogP contribution in [-0.2, 0) is 0 Å². The van der Waals surface area contributed by atoms with Gasteiger partial charge in [-0.1, -0.05) is 0 Å². The van der Waals surface area contributed by atoms with Gasteiger partial charge in [0.05, 0.1) is 5.69 Å². The fourth-order valence-electron chi connectivity index (χ4n) is 3.11. The van der Waals surface area contributed by atoms with E-state index < -0.39 is 17.5 Å². The molecule has 1 aliphatic carbocycles. The number of halogens is 3. The molecule has 20 heavy (non-hydrogen) atoms. The molecule has 5 heteroatoms. The molecular weight excluding hydrogens is 265 g/mol. The molecule has 1 heterocycles.